The van der Waals surface area contributed by atoms with Crippen LogP contribution in [-0.4, -0.2) is 149 Å². The van der Waals surface area contributed by atoms with Crippen molar-refractivity contribution in [2.24, 2.45) is 0 Å². The summed E-state index contributed by atoms with van der Waals surface area (Å²) < 4.78 is 10.9. The summed E-state index contributed by atoms with van der Waals surface area (Å²) in [6.07, 6.45) is -0.830. The third-order valence-corrected chi connectivity index (χ3v) is 7.46. The molecular formula is C32H43N5O10. The Morgan fingerprint density at radius 1 is 0.574 bits per heavy atom. The smallest absolute Gasteiger partial charge is 0.408 e. The highest BCUT2D eigenvalue weighted by Gasteiger charge is 2.28. The van der Waals surface area contributed by atoms with Gasteiger partial charge in [0, 0.05) is 58.9 Å². The molecule has 1 atom stereocenters. The van der Waals surface area contributed by atoms with Crippen molar-refractivity contribution in [1.29, 1.82) is 0 Å². The number of amides is 1. The summed E-state index contributed by atoms with van der Waals surface area (Å²) in [7, 11) is 0. The fourth-order valence-corrected chi connectivity index (χ4v) is 4.98. The average Bonchev–Trinajstić information content (AvgIpc) is 3.03. The topological polar surface area (TPSA) is 189 Å². The van der Waals surface area contributed by atoms with E-state index < -0.39 is 36.0 Å². The molecule has 256 valence electrons. The predicted molar refractivity (Wildman–Crippen MR) is 168 cm³/mol. The van der Waals surface area contributed by atoms with E-state index in [2.05, 4.69) is 5.32 Å². The number of carboxylic acid groups (broad SMARTS) is 3. The number of aliphatic carboxylic acids is 3. The fraction of sp³-hybridized carbons (Fsp3) is 0.469. The molecule has 2 aromatic carbocycles. The van der Waals surface area contributed by atoms with Crippen LogP contribution in [0.25, 0.3) is 0 Å². The van der Waals surface area contributed by atoms with Crippen molar-refractivity contribution in [1.82, 2.24) is 24.9 Å². The lowest BCUT2D eigenvalue weighted by Crippen LogP contribution is -2.53. The Labute approximate surface area is 273 Å². The summed E-state index contributed by atoms with van der Waals surface area (Å²) in [6.45, 7) is 1.11. The Hall–Kier alpha value is -4.57. The first kappa shape index (κ1) is 36.9. The highest BCUT2D eigenvalue weighted by atomic mass is 16.6. The number of rotatable bonds is 14. The van der Waals surface area contributed by atoms with Gasteiger partial charge in [-0.25, -0.2) is 9.59 Å². The van der Waals surface area contributed by atoms with Crippen LogP contribution < -0.4 is 5.32 Å². The quantitative estimate of drug-likeness (QED) is 0.206. The van der Waals surface area contributed by atoms with Crippen molar-refractivity contribution in [3.63, 3.8) is 0 Å². The number of nitrogens with one attached hydrogen (secondary N) is 1. The van der Waals surface area contributed by atoms with E-state index in [-0.39, 0.29) is 91.8 Å². The lowest BCUT2D eigenvalue weighted by molar-refractivity contribution is -0.148. The van der Waals surface area contributed by atoms with Crippen LogP contribution in [0.4, 0.5) is 4.79 Å². The van der Waals surface area contributed by atoms with Gasteiger partial charge < -0.3 is 30.1 Å². The van der Waals surface area contributed by atoms with Crippen LogP contribution in [0, 0.1) is 0 Å². The molecule has 15 heteroatoms. The maximum absolute atomic E-state index is 13.4. The second-order valence-corrected chi connectivity index (χ2v) is 11.2. The SMILES string of the molecule is O=C(O)CN1CCN(CC(=O)O)CCN(C[C@H](NC(=O)OCc2ccccc2)C(=O)OCc2ccccc2)CCN(CC(=O)O)CC1. The number of carbonyl (C=O) groups is 5. The van der Waals surface area contributed by atoms with E-state index in [0.29, 0.717) is 0 Å². The molecule has 15 nitrogen and oxygen atoms in total. The summed E-state index contributed by atoms with van der Waals surface area (Å²) in [4.78, 5) is 67.7. The molecule has 0 unspecified atom stereocenters. The normalized spacial score (nSPS) is 16.6. The summed E-state index contributed by atoms with van der Waals surface area (Å²) in [5, 5.41) is 31.0. The van der Waals surface area contributed by atoms with Crippen LogP contribution in [0.1, 0.15) is 11.1 Å². The van der Waals surface area contributed by atoms with Gasteiger partial charge in [-0.15, -0.1) is 0 Å². The molecule has 47 heavy (non-hydrogen) atoms. The molecule has 0 spiro atoms. The van der Waals surface area contributed by atoms with Gasteiger partial charge in [-0.2, -0.15) is 0 Å². The van der Waals surface area contributed by atoms with Crippen molar-refractivity contribution in [2.75, 3.05) is 78.5 Å². The van der Waals surface area contributed by atoms with E-state index in [1.807, 2.05) is 41.3 Å². The molecule has 1 aliphatic rings. The van der Waals surface area contributed by atoms with Gasteiger partial charge >= 0.3 is 30.0 Å². The van der Waals surface area contributed by atoms with Crippen molar-refractivity contribution < 1.29 is 48.8 Å². The molecule has 0 aliphatic carbocycles. The molecule has 1 fully saturated rings. The van der Waals surface area contributed by atoms with Gasteiger partial charge in [0.25, 0.3) is 0 Å². The van der Waals surface area contributed by atoms with Crippen molar-refractivity contribution >= 4 is 30.0 Å². The Balaban J connectivity index is 1.78. The average molecular weight is 658 g/mol. The molecule has 0 radical (unpaired) electrons. The first-order valence-corrected chi connectivity index (χ1v) is 15.3. The van der Waals surface area contributed by atoms with Gasteiger partial charge in [0.2, 0.25) is 0 Å². The molecule has 1 amide bonds. The second-order valence-electron chi connectivity index (χ2n) is 11.2. The van der Waals surface area contributed by atoms with Gasteiger partial charge in [-0.3, -0.25) is 34.0 Å². The number of carbonyl (C=O) groups excluding carboxylic acids is 2. The van der Waals surface area contributed by atoms with Crippen LogP contribution in [0.2, 0.25) is 0 Å². The van der Waals surface area contributed by atoms with Crippen LogP contribution >= 0.6 is 0 Å². The molecule has 4 N–H and O–H groups in total. The minimum Gasteiger partial charge on any atom is -0.480 e. The van der Waals surface area contributed by atoms with Gasteiger partial charge in [-0.05, 0) is 11.1 Å². The van der Waals surface area contributed by atoms with Crippen LogP contribution in [0.3, 0.4) is 0 Å². The molecule has 1 aliphatic heterocycles. The van der Waals surface area contributed by atoms with E-state index in [9.17, 15) is 39.3 Å². The number of hydrogen-bond acceptors (Lipinski definition) is 11. The molecule has 0 saturated carbocycles. The van der Waals surface area contributed by atoms with Crippen LogP contribution in [-0.2, 0) is 41.9 Å². The first-order chi connectivity index (χ1) is 22.6. The maximum Gasteiger partial charge on any atom is 0.408 e. The van der Waals surface area contributed by atoms with Crippen LogP contribution in [0.5, 0.6) is 0 Å². The Bertz CT molecular complexity index is 1270. The minimum atomic E-state index is -1.17. The lowest BCUT2D eigenvalue weighted by atomic mass is 10.2. The number of esters is 1. The molecule has 3 rings (SSSR count). The summed E-state index contributed by atoms with van der Waals surface area (Å²) in [5.74, 6) is -3.85. The van der Waals surface area contributed by atoms with E-state index in [1.165, 1.54) is 0 Å². The predicted octanol–water partition coefficient (Wildman–Crippen LogP) is 0.500. The monoisotopic (exact) mass is 657 g/mol. The number of hydrogen-bond donors (Lipinski definition) is 4. The van der Waals surface area contributed by atoms with E-state index >= 15 is 0 Å². The third kappa shape index (κ3) is 15.0. The lowest BCUT2D eigenvalue weighted by Gasteiger charge is -2.34. The highest BCUT2D eigenvalue weighted by molar-refractivity contribution is 5.81. The van der Waals surface area contributed by atoms with Crippen molar-refractivity contribution in [3.05, 3.63) is 71.8 Å². The number of carboxylic acids is 3. The Kier molecular flexibility index (Phi) is 15.6. The second kappa shape index (κ2) is 19.8. The van der Waals surface area contributed by atoms with Gasteiger partial charge in [0.05, 0.1) is 19.6 Å². The standard InChI is InChI=1S/C32H43N5O10/c38-28(39)20-35-13-11-34(12-14-36(21-29(40)41)16-18-37(17-15-35)22-30(42)43)19-27(31(44)46-23-25-7-3-1-4-8-25)33-32(45)47-24-26-9-5-2-6-10-26/h1-10,27H,11-24H2,(H,33,45)(H,38,39)(H,40,41)(H,42,43)/t27-/m0/s1. The molecule has 1 heterocycles. The largest absolute Gasteiger partial charge is 0.480 e. The first-order valence-electron chi connectivity index (χ1n) is 15.3. The minimum absolute atomic E-state index is 0.0185. The Morgan fingerprint density at radius 2 is 0.936 bits per heavy atom. The van der Waals surface area contributed by atoms with E-state index in [4.69, 9.17) is 9.47 Å². The van der Waals surface area contributed by atoms with Gasteiger partial charge in [0.1, 0.15) is 19.3 Å². The number of benzene rings is 2. The number of nitrogens with zero attached hydrogens (tertiary/aromatic N) is 4. The van der Waals surface area contributed by atoms with Crippen molar-refractivity contribution in [2.45, 2.75) is 19.3 Å². The molecule has 1 saturated heterocycles. The van der Waals surface area contributed by atoms with Crippen molar-refractivity contribution in [3.8, 4) is 0 Å². The van der Waals surface area contributed by atoms with Gasteiger partial charge in [-0.1, -0.05) is 60.7 Å². The number of alkyl carbamates (subject to hydrolysis) is 1. The Morgan fingerprint density at radius 3 is 1.32 bits per heavy atom. The molecule has 0 bridgehead atoms. The van der Waals surface area contributed by atoms with Crippen LogP contribution in [0.15, 0.2) is 60.7 Å². The summed E-state index contributed by atoms with van der Waals surface area (Å²) in [5.41, 5.74) is 1.51. The van der Waals surface area contributed by atoms with E-state index in [0.717, 1.165) is 11.1 Å². The molecule has 0 aromatic heterocycles. The molecule has 2 aromatic rings. The number of ether oxygens (including phenoxy) is 2. The summed E-state index contributed by atoms with van der Waals surface area (Å²) in [6, 6.07) is 16.9. The third-order valence-electron chi connectivity index (χ3n) is 7.46. The van der Waals surface area contributed by atoms with Gasteiger partial charge in [0.15, 0.2) is 0 Å². The zero-order valence-corrected chi connectivity index (χ0v) is 26.2. The van der Waals surface area contributed by atoms with E-state index in [1.54, 1.807) is 39.0 Å². The maximum atomic E-state index is 13.4. The molecular weight excluding hydrogens is 614 g/mol. The zero-order chi connectivity index (χ0) is 34.0. The highest BCUT2D eigenvalue weighted by Crippen LogP contribution is 2.07. The fourth-order valence-electron chi connectivity index (χ4n) is 4.98. The zero-order valence-electron chi connectivity index (χ0n) is 26.2. The summed E-state index contributed by atoms with van der Waals surface area (Å²) >= 11 is 0.